The zero-order chi connectivity index (χ0) is 13.8. The molecule has 0 amide bonds. The van der Waals surface area contributed by atoms with Crippen LogP contribution in [-0.4, -0.2) is 15.9 Å². The number of nitrogens with zero attached hydrogens (tertiary/aromatic N) is 2. The summed E-state index contributed by atoms with van der Waals surface area (Å²) in [5, 5.41) is 7.69. The van der Waals surface area contributed by atoms with Gasteiger partial charge in [-0.15, -0.1) is 0 Å². The van der Waals surface area contributed by atoms with E-state index in [-0.39, 0.29) is 6.10 Å². The molecular weight excluding hydrogens is 238 g/mol. The highest BCUT2D eigenvalue weighted by Crippen LogP contribution is 2.16. The van der Waals surface area contributed by atoms with Gasteiger partial charge in [0, 0.05) is 19.8 Å². The molecule has 4 heteroatoms. The summed E-state index contributed by atoms with van der Waals surface area (Å²) in [5.41, 5.74) is 3.31. The van der Waals surface area contributed by atoms with E-state index in [4.69, 9.17) is 4.74 Å². The minimum absolute atomic E-state index is 0.210. The number of ether oxygens (including phenoxy) is 1. The van der Waals surface area contributed by atoms with Gasteiger partial charge in [0.25, 0.3) is 0 Å². The Kier molecular flexibility index (Phi) is 4.10. The van der Waals surface area contributed by atoms with Crippen molar-refractivity contribution >= 4 is 5.69 Å². The van der Waals surface area contributed by atoms with Gasteiger partial charge in [-0.2, -0.15) is 5.10 Å². The predicted molar refractivity (Wildman–Crippen MR) is 77.5 cm³/mol. The van der Waals surface area contributed by atoms with Crippen LogP contribution in [-0.2, 0) is 13.6 Å². The molecular formula is C15H21N3O. The van der Waals surface area contributed by atoms with Gasteiger partial charge in [-0.05, 0) is 38.5 Å². The summed E-state index contributed by atoms with van der Waals surface area (Å²) in [7, 11) is 1.93. The molecule has 0 aliphatic rings. The van der Waals surface area contributed by atoms with Crippen molar-refractivity contribution < 1.29 is 4.74 Å². The number of anilines is 1. The van der Waals surface area contributed by atoms with Gasteiger partial charge >= 0.3 is 0 Å². The van der Waals surface area contributed by atoms with Crippen LogP contribution in [0.4, 0.5) is 5.69 Å². The molecule has 1 aromatic carbocycles. The second kappa shape index (κ2) is 5.78. The van der Waals surface area contributed by atoms with Gasteiger partial charge < -0.3 is 10.1 Å². The number of nitrogens with one attached hydrogen (secondary N) is 1. The van der Waals surface area contributed by atoms with E-state index in [0.717, 1.165) is 23.7 Å². The van der Waals surface area contributed by atoms with Gasteiger partial charge in [-0.3, -0.25) is 4.68 Å². The minimum atomic E-state index is 0.210. The molecule has 0 saturated carbocycles. The number of aromatic nitrogens is 2. The van der Waals surface area contributed by atoms with E-state index >= 15 is 0 Å². The Morgan fingerprint density at radius 3 is 2.47 bits per heavy atom. The predicted octanol–water partition coefficient (Wildman–Crippen LogP) is 3.13. The Bertz CT molecular complexity index is 529. The summed E-state index contributed by atoms with van der Waals surface area (Å²) in [6, 6.07) is 8.17. The Balaban J connectivity index is 1.94. The van der Waals surface area contributed by atoms with E-state index in [2.05, 4.69) is 22.5 Å². The quantitative estimate of drug-likeness (QED) is 0.896. The maximum absolute atomic E-state index is 5.62. The number of benzene rings is 1. The molecule has 0 saturated heterocycles. The van der Waals surface area contributed by atoms with Crippen molar-refractivity contribution in [2.45, 2.75) is 33.4 Å². The van der Waals surface area contributed by atoms with Gasteiger partial charge in [0.2, 0.25) is 0 Å². The van der Waals surface area contributed by atoms with Crippen LogP contribution in [0.5, 0.6) is 5.75 Å². The Morgan fingerprint density at radius 1 is 1.26 bits per heavy atom. The SMILES string of the molecule is Cc1nn(C)cc1NCc1ccc(OC(C)C)cc1. The molecule has 0 aliphatic heterocycles. The number of hydrogen-bond donors (Lipinski definition) is 1. The van der Waals surface area contributed by atoms with Crippen LogP contribution in [0.1, 0.15) is 25.1 Å². The van der Waals surface area contributed by atoms with Gasteiger partial charge in [-0.1, -0.05) is 12.1 Å². The molecule has 102 valence electrons. The lowest BCUT2D eigenvalue weighted by Gasteiger charge is -2.10. The standard InChI is InChI=1S/C15H21N3O/c1-11(2)19-14-7-5-13(6-8-14)9-16-15-10-18(4)17-12(15)3/h5-8,10-11,16H,9H2,1-4H3. The fraction of sp³-hybridized carbons (Fsp3) is 0.400. The second-order valence-electron chi connectivity index (χ2n) is 4.97. The van der Waals surface area contributed by atoms with Crippen molar-refractivity contribution in [3.63, 3.8) is 0 Å². The Hall–Kier alpha value is -1.97. The monoisotopic (exact) mass is 259 g/mol. The maximum Gasteiger partial charge on any atom is 0.119 e. The molecule has 1 aromatic heterocycles. The maximum atomic E-state index is 5.62. The topological polar surface area (TPSA) is 39.1 Å². The molecule has 1 N–H and O–H groups in total. The summed E-state index contributed by atoms with van der Waals surface area (Å²) in [4.78, 5) is 0. The van der Waals surface area contributed by atoms with Gasteiger partial charge in [0.15, 0.2) is 0 Å². The first-order valence-corrected chi connectivity index (χ1v) is 6.54. The summed E-state index contributed by atoms with van der Waals surface area (Å²) >= 11 is 0. The molecule has 0 bridgehead atoms. The lowest BCUT2D eigenvalue weighted by atomic mass is 10.2. The van der Waals surface area contributed by atoms with E-state index in [0.29, 0.717) is 0 Å². The van der Waals surface area contributed by atoms with Crippen LogP contribution < -0.4 is 10.1 Å². The first-order chi connectivity index (χ1) is 9.04. The van der Waals surface area contributed by atoms with E-state index < -0.39 is 0 Å². The van der Waals surface area contributed by atoms with Gasteiger partial charge in [-0.25, -0.2) is 0 Å². The fourth-order valence-electron chi connectivity index (χ4n) is 1.93. The molecule has 0 aliphatic carbocycles. The molecule has 0 unspecified atom stereocenters. The second-order valence-corrected chi connectivity index (χ2v) is 4.97. The van der Waals surface area contributed by atoms with E-state index in [1.807, 2.05) is 50.8 Å². The van der Waals surface area contributed by atoms with Crippen LogP contribution >= 0.6 is 0 Å². The van der Waals surface area contributed by atoms with Crippen LogP contribution in [0.15, 0.2) is 30.5 Å². The van der Waals surface area contributed by atoms with Gasteiger partial charge in [0.05, 0.1) is 17.5 Å². The molecule has 19 heavy (non-hydrogen) atoms. The zero-order valence-corrected chi connectivity index (χ0v) is 12.0. The molecule has 0 fully saturated rings. The van der Waals surface area contributed by atoms with Gasteiger partial charge in [0.1, 0.15) is 5.75 Å². The van der Waals surface area contributed by atoms with Crippen LogP contribution in [0.3, 0.4) is 0 Å². The lowest BCUT2D eigenvalue weighted by molar-refractivity contribution is 0.242. The lowest BCUT2D eigenvalue weighted by Crippen LogP contribution is -2.05. The number of hydrogen-bond acceptors (Lipinski definition) is 3. The molecule has 1 heterocycles. The molecule has 0 radical (unpaired) electrons. The van der Waals surface area contributed by atoms with E-state index in [1.165, 1.54) is 5.56 Å². The van der Waals surface area contributed by atoms with Crippen molar-refractivity contribution in [2.24, 2.45) is 7.05 Å². The molecule has 2 aromatic rings. The summed E-state index contributed by atoms with van der Waals surface area (Å²) in [5.74, 6) is 0.913. The summed E-state index contributed by atoms with van der Waals surface area (Å²) < 4.78 is 7.44. The number of aryl methyl sites for hydroxylation is 2. The molecule has 0 atom stereocenters. The van der Waals surface area contributed by atoms with Crippen molar-refractivity contribution in [1.82, 2.24) is 9.78 Å². The smallest absolute Gasteiger partial charge is 0.119 e. The number of rotatable bonds is 5. The third-order valence-corrected chi connectivity index (χ3v) is 2.79. The van der Waals surface area contributed by atoms with E-state index in [1.54, 1.807) is 0 Å². The summed E-state index contributed by atoms with van der Waals surface area (Å²) in [6.07, 6.45) is 2.20. The highest BCUT2D eigenvalue weighted by atomic mass is 16.5. The summed E-state index contributed by atoms with van der Waals surface area (Å²) in [6.45, 7) is 6.84. The first-order valence-electron chi connectivity index (χ1n) is 6.54. The third-order valence-electron chi connectivity index (χ3n) is 2.79. The fourth-order valence-corrected chi connectivity index (χ4v) is 1.93. The minimum Gasteiger partial charge on any atom is -0.491 e. The third kappa shape index (κ3) is 3.74. The molecule has 2 rings (SSSR count). The average Bonchev–Trinajstić information content (AvgIpc) is 2.66. The van der Waals surface area contributed by atoms with Crippen molar-refractivity contribution in [1.29, 1.82) is 0 Å². The highest BCUT2D eigenvalue weighted by Gasteiger charge is 2.02. The largest absolute Gasteiger partial charge is 0.491 e. The van der Waals surface area contributed by atoms with Crippen LogP contribution in [0.2, 0.25) is 0 Å². The van der Waals surface area contributed by atoms with Crippen LogP contribution in [0, 0.1) is 6.92 Å². The van der Waals surface area contributed by atoms with Crippen molar-refractivity contribution in [3.8, 4) is 5.75 Å². The van der Waals surface area contributed by atoms with Crippen molar-refractivity contribution in [3.05, 3.63) is 41.7 Å². The van der Waals surface area contributed by atoms with Crippen LogP contribution in [0.25, 0.3) is 0 Å². The van der Waals surface area contributed by atoms with E-state index in [9.17, 15) is 0 Å². The Labute approximate surface area is 114 Å². The zero-order valence-electron chi connectivity index (χ0n) is 12.0. The Morgan fingerprint density at radius 2 is 1.95 bits per heavy atom. The molecule has 4 nitrogen and oxygen atoms in total. The average molecular weight is 259 g/mol. The first kappa shape index (κ1) is 13.5. The normalized spacial score (nSPS) is 10.8. The van der Waals surface area contributed by atoms with Crippen molar-refractivity contribution in [2.75, 3.05) is 5.32 Å². The highest BCUT2D eigenvalue weighted by molar-refractivity contribution is 5.46. The molecule has 0 spiro atoms.